The fourth-order valence-electron chi connectivity index (χ4n) is 3.29. The van der Waals surface area contributed by atoms with Crippen LogP contribution in [0.25, 0.3) is 0 Å². The lowest BCUT2D eigenvalue weighted by molar-refractivity contribution is 0.0681. The van der Waals surface area contributed by atoms with Gasteiger partial charge in [-0.05, 0) is 43.9 Å². The van der Waals surface area contributed by atoms with Gasteiger partial charge >= 0.3 is 0 Å². The van der Waals surface area contributed by atoms with E-state index in [4.69, 9.17) is 4.42 Å². The van der Waals surface area contributed by atoms with E-state index >= 15 is 0 Å². The Labute approximate surface area is 139 Å². The lowest BCUT2D eigenvalue weighted by Crippen LogP contribution is -2.32. The zero-order chi connectivity index (χ0) is 16.8. The van der Waals surface area contributed by atoms with E-state index in [2.05, 4.69) is 4.98 Å². The predicted molar refractivity (Wildman–Crippen MR) is 84.0 cm³/mol. The Morgan fingerprint density at radius 2 is 2.04 bits per heavy atom. The third-order valence-corrected chi connectivity index (χ3v) is 4.73. The van der Waals surface area contributed by atoms with E-state index in [9.17, 15) is 14.3 Å². The average Bonchev–Trinajstić information content (AvgIpc) is 3.23. The van der Waals surface area contributed by atoms with Crippen molar-refractivity contribution in [1.82, 2.24) is 9.88 Å². The van der Waals surface area contributed by atoms with Gasteiger partial charge in [-0.15, -0.1) is 0 Å². The van der Waals surface area contributed by atoms with Gasteiger partial charge in [0.15, 0.2) is 5.89 Å². The van der Waals surface area contributed by atoms with E-state index < -0.39 is 6.10 Å². The molecule has 5 nitrogen and oxygen atoms in total. The van der Waals surface area contributed by atoms with Gasteiger partial charge in [0.2, 0.25) is 5.76 Å². The van der Waals surface area contributed by atoms with Crippen LogP contribution in [0.2, 0.25) is 0 Å². The number of rotatable bonds is 3. The molecule has 1 amide bonds. The van der Waals surface area contributed by atoms with Crippen LogP contribution in [0.3, 0.4) is 0 Å². The van der Waals surface area contributed by atoms with Crippen LogP contribution in [-0.2, 0) is 0 Å². The molecule has 24 heavy (non-hydrogen) atoms. The quantitative estimate of drug-likeness (QED) is 0.939. The molecule has 2 aliphatic rings. The minimum absolute atomic E-state index is 0.236. The van der Waals surface area contributed by atoms with Crippen LogP contribution in [0, 0.1) is 12.7 Å². The molecular formula is C18H19FN2O3. The summed E-state index contributed by atoms with van der Waals surface area (Å²) in [6.07, 6.45) is 1.93. The highest BCUT2D eigenvalue weighted by molar-refractivity contribution is 5.93. The number of aliphatic hydroxyl groups is 1. The van der Waals surface area contributed by atoms with Crippen LogP contribution in [-0.4, -0.2) is 33.5 Å². The van der Waals surface area contributed by atoms with Gasteiger partial charge in [-0.1, -0.05) is 12.1 Å². The Kier molecular flexibility index (Phi) is 3.64. The summed E-state index contributed by atoms with van der Waals surface area (Å²) in [6, 6.07) is 5.76. The van der Waals surface area contributed by atoms with Crippen molar-refractivity contribution in [3.8, 4) is 0 Å². The molecule has 6 heteroatoms. The molecule has 1 aromatic carbocycles. The number of aryl methyl sites for hydroxylation is 1. The second-order valence-electron chi connectivity index (χ2n) is 6.66. The number of carbonyl (C=O) groups excluding carboxylic acids is 1. The van der Waals surface area contributed by atoms with E-state index in [0.717, 1.165) is 18.4 Å². The SMILES string of the molecule is Cc1nc(C2CC2)oc1C(=O)N1C[C@@H](O)C[C@H]1c1ccc(F)cc1. The predicted octanol–water partition coefficient (Wildman–Crippen LogP) is 2.95. The smallest absolute Gasteiger partial charge is 0.292 e. The molecule has 2 fully saturated rings. The van der Waals surface area contributed by atoms with Crippen LogP contribution in [0.1, 0.15) is 58.9 Å². The second-order valence-corrected chi connectivity index (χ2v) is 6.66. The normalized spacial score (nSPS) is 23.7. The minimum atomic E-state index is -0.602. The van der Waals surface area contributed by atoms with Gasteiger partial charge in [0, 0.05) is 12.5 Å². The summed E-state index contributed by atoms with van der Waals surface area (Å²) in [5.74, 6) is 0.627. The van der Waals surface area contributed by atoms with Crippen LogP contribution in [0.15, 0.2) is 28.7 Å². The van der Waals surface area contributed by atoms with Gasteiger partial charge in [0.05, 0.1) is 17.8 Å². The topological polar surface area (TPSA) is 66.6 Å². The van der Waals surface area contributed by atoms with E-state index in [1.165, 1.54) is 12.1 Å². The molecule has 1 saturated carbocycles. The first-order chi connectivity index (χ1) is 11.5. The first kappa shape index (κ1) is 15.3. The summed E-state index contributed by atoms with van der Waals surface area (Å²) in [7, 11) is 0. The summed E-state index contributed by atoms with van der Waals surface area (Å²) in [6.45, 7) is 2.00. The Balaban J connectivity index is 1.63. The highest BCUT2D eigenvalue weighted by Crippen LogP contribution is 2.41. The van der Waals surface area contributed by atoms with Crippen molar-refractivity contribution in [3.05, 3.63) is 53.0 Å². The average molecular weight is 330 g/mol. The maximum atomic E-state index is 13.2. The Bertz CT molecular complexity index is 767. The summed E-state index contributed by atoms with van der Waals surface area (Å²) < 4.78 is 18.9. The number of likely N-dealkylation sites (tertiary alicyclic amines) is 1. The third kappa shape index (κ3) is 2.71. The molecule has 1 aliphatic heterocycles. The monoisotopic (exact) mass is 330 g/mol. The summed E-state index contributed by atoms with van der Waals surface area (Å²) in [5, 5.41) is 10.0. The molecule has 4 rings (SSSR count). The fourth-order valence-corrected chi connectivity index (χ4v) is 3.29. The fraction of sp³-hybridized carbons (Fsp3) is 0.444. The largest absolute Gasteiger partial charge is 0.435 e. The van der Waals surface area contributed by atoms with Gasteiger partial charge in [-0.3, -0.25) is 4.79 Å². The number of nitrogens with zero attached hydrogens (tertiary/aromatic N) is 2. The van der Waals surface area contributed by atoms with Crippen molar-refractivity contribution in [2.45, 2.75) is 44.2 Å². The third-order valence-electron chi connectivity index (χ3n) is 4.73. The Morgan fingerprint density at radius 3 is 2.71 bits per heavy atom. The van der Waals surface area contributed by atoms with Gasteiger partial charge in [0.25, 0.3) is 5.91 Å². The van der Waals surface area contributed by atoms with Crippen molar-refractivity contribution in [3.63, 3.8) is 0 Å². The number of aliphatic hydroxyl groups excluding tert-OH is 1. The highest BCUT2D eigenvalue weighted by atomic mass is 19.1. The van der Waals surface area contributed by atoms with Crippen molar-refractivity contribution < 1.29 is 18.7 Å². The minimum Gasteiger partial charge on any atom is -0.435 e. The molecule has 1 aromatic heterocycles. The number of carbonyl (C=O) groups is 1. The molecule has 1 N–H and O–H groups in total. The van der Waals surface area contributed by atoms with Crippen LogP contribution in [0.5, 0.6) is 0 Å². The molecule has 2 atom stereocenters. The van der Waals surface area contributed by atoms with Crippen LogP contribution in [0.4, 0.5) is 4.39 Å². The lowest BCUT2D eigenvalue weighted by atomic mass is 10.0. The first-order valence-corrected chi connectivity index (χ1v) is 8.24. The van der Waals surface area contributed by atoms with Gasteiger partial charge in [0.1, 0.15) is 5.82 Å². The van der Waals surface area contributed by atoms with E-state index in [-0.39, 0.29) is 30.1 Å². The number of oxazole rings is 1. The molecule has 0 spiro atoms. The molecule has 2 aromatic rings. The number of aromatic nitrogens is 1. The lowest BCUT2D eigenvalue weighted by Gasteiger charge is -2.24. The zero-order valence-corrected chi connectivity index (χ0v) is 13.4. The van der Waals surface area contributed by atoms with Crippen molar-refractivity contribution in [2.24, 2.45) is 0 Å². The maximum absolute atomic E-state index is 13.2. The Morgan fingerprint density at radius 1 is 1.33 bits per heavy atom. The van der Waals surface area contributed by atoms with Crippen molar-refractivity contribution in [2.75, 3.05) is 6.54 Å². The van der Waals surface area contributed by atoms with Gasteiger partial charge in [-0.25, -0.2) is 9.37 Å². The molecule has 2 heterocycles. The molecular weight excluding hydrogens is 311 g/mol. The van der Waals surface area contributed by atoms with Crippen molar-refractivity contribution >= 4 is 5.91 Å². The Hall–Kier alpha value is -2.21. The molecule has 0 bridgehead atoms. The van der Waals surface area contributed by atoms with Crippen LogP contribution >= 0.6 is 0 Å². The summed E-state index contributed by atoms with van der Waals surface area (Å²) in [4.78, 5) is 18.9. The maximum Gasteiger partial charge on any atom is 0.292 e. The van der Waals surface area contributed by atoms with E-state index in [1.807, 2.05) is 0 Å². The van der Waals surface area contributed by atoms with Crippen LogP contribution < -0.4 is 0 Å². The molecule has 0 unspecified atom stereocenters. The molecule has 1 aliphatic carbocycles. The highest BCUT2D eigenvalue weighted by Gasteiger charge is 2.39. The second kappa shape index (κ2) is 5.70. The van der Waals surface area contributed by atoms with E-state index in [0.29, 0.717) is 23.9 Å². The number of halogens is 1. The molecule has 1 saturated heterocycles. The first-order valence-electron chi connectivity index (χ1n) is 8.24. The number of hydrogen-bond donors (Lipinski definition) is 1. The number of benzene rings is 1. The van der Waals surface area contributed by atoms with Gasteiger partial charge < -0.3 is 14.4 Å². The standard InChI is InChI=1S/C18H19FN2O3/c1-10-16(24-17(20-10)12-2-3-12)18(23)21-9-14(22)8-15(21)11-4-6-13(19)7-5-11/h4-7,12,14-15,22H,2-3,8-9H2,1H3/t14-,15-/m0/s1. The van der Waals surface area contributed by atoms with E-state index in [1.54, 1.807) is 24.0 Å². The molecule has 126 valence electrons. The number of amides is 1. The molecule has 0 radical (unpaired) electrons. The number of β-amino-alcohol motifs (C(OH)–C–C–N with tert-alkyl or cyclic N) is 1. The zero-order valence-electron chi connectivity index (χ0n) is 13.4. The van der Waals surface area contributed by atoms with Gasteiger partial charge in [-0.2, -0.15) is 0 Å². The summed E-state index contributed by atoms with van der Waals surface area (Å²) >= 11 is 0. The van der Waals surface area contributed by atoms with Crippen molar-refractivity contribution in [1.29, 1.82) is 0 Å². The number of hydrogen-bond acceptors (Lipinski definition) is 4. The summed E-state index contributed by atoms with van der Waals surface area (Å²) in [5.41, 5.74) is 1.39.